The van der Waals surface area contributed by atoms with E-state index in [1.165, 1.54) is 12.3 Å². The summed E-state index contributed by atoms with van der Waals surface area (Å²) in [5.74, 6) is 2.25. The van der Waals surface area contributed by atoms with Crippen LogP contribution in [-0.2, 0) is 22.7 Å². The van der Waals surface area contributed by atoms with Crippen molar-refractivity contribution >= 4 is 0 Å². The van der Waals surface area contributed by atoms with Crippen LogP contribution in [-0.4, -0.2) is 29.6 Å². The zero-order valence-corrected chi connectivity index (χ0v) is 18.9. The van der Waals surface area contributed by atoms with Crippen molar-refractivity contribution in [3.8, 4) is 0 Å². The fourth-order valence-corrected chi connectivity index (χ4v) is 4.51. The van der Waals surface area contributed by atoms with E-state index >= 15 is 0 Å². The molecule has 10 radical (unpaired) electrons. The second-order valence-corrected chi connectivity index (χ2v) is 7.94. The Hall–Kier alpha value is -1.12. The first-order valence-electron chi connectivity index (χ1n) is 10.7. The molecule has 3 fully saturated rings. The number of aliphatic hydroxyl groups is 1. The van der Waals surface area contributed by atoms with E-state index in [-0.39, 0.29) is 17.1 Å². The van der Waals surface area contributed by atoms with Crippen molar-refractivity contribution in [3.05, 3.63) is 135 Å². The molecule has 0 bridgehead atoms. The Labute approximate surface area is 199 Å². The number of benzene rings is 2. The molecule has 158 valence electrons. The van der Waals surface area contributed by atoms with Gasteiger partial charge < -0.3 is 10.0 Å². The van der Waals surface area contributed by atoms with Gasteiger partial charge in [0, 0.05) is 17.9 Å². The van der Waals surface area contributed by atoms with Crippen LogP contribution >= 0.6 is 0 Å². The first kappa shape index (κ1) is 24.5. The summed E-state index contributed by atoms with van der Waals surface area (Å²) in [5.41, 5.74) is 0.689. The van der Waals surface area contributed by atoms with Gasteiger partial charge in [-0.05, 0) is 88.9 Å². The fourth-order valence-electron chi connectivity index (χ4n) is 4.51. The Morgan fingerprint density at radius 2 is 1.29 bits per heavy atom. The molecule has 2 saturated carbocycles. The molecule has 2 aliphatic carbocycles. The van der Waals surface area contributed by atoms with Gasteiger partial charge in [0.25, 0.3) is 0 Å². The molecule has 5 rings (SSSR count). The summed E-state index contributed by atoms with van der Waals surface area (Å²) in [7, 11) is 2.18. The molecule has 2 aromatic carbocycles. The van der Waals surface area contributed by atoms with Gasteiger partial charge >= 0.3 is 17.1 Å². The van der Waals surface area contributed by atoms with Crippen molar-refractivity contribution in [2.45, 2.75) is 24.5 Å². The molecule has 0 aromatic heterocycles. The van der Waals surface area contributed by atoms with Crippen LogP contribution in [0.25, 0.3) is 0 Å². The van der Waals surface area contributed by atoms with Crippen LogP contribution in [0.15, 0.2) is 60.7 Å². The summed E-state index contributed by atoms with van der Waals surface area (Å²) in [4.78, 5) is 2.40. The van der Waals surface area contributed by atoms with Crippen molar-refractivity contribution in [1.29, 1.82) is 0 Å². The molecule has 1 N–H and O–H groups in total. The van der Waals surface area contributed by atoms with Crippen molar-refractivity contribution in [2.75, 3.05) is 13.6 Å². The van der Waals surface area contributed by atoms with Gasteiger partial charge in [-0.2, -0.15) is 0 Å². The molecule has 3 aliphatic rings. The van der Waals surface area contributed by atoms with Crippen LogP contribution in [0.2, 0.25) is 0 Å². The third-order valence-corrected chi connectivity index (χ3v) is 6.06. The standard InChI is InChI=1S/C23H24NO.C5H5.Fe/c1-24-17-9-16-22(24)20-14-8-15-21(20)23(25,18-10-4-2-5-11-18)19-12-6-3-7-13-19;1-2-4-5-3-1;/h2-8,10-15,22,25H,9,16-17H2,1H3;1-5H;/q;;+2/t22-;;/m1../s1. The molecule has 2 aromatic rings. The number of rotatable bonds is 4. The fraction of sp³-hybridized carbons (Fsp3) is 0.214. The van der Waals surface area contributed by atoms with Gasteiger partial charge in [-0.3, -0.25) is 0 Å². The van der Waals surface area contributed by atoms with Gasteiger partial charge in [0.2, 0.25) is 0 Å². The van der Waals surface area contributed by atoms with Crippen LogP contribution < -0.4 is 0 Å². The smallest absolute Gasteiger partial charge is 0.380 e. The predicted molar refractivity (Wildman–Crippen MR) is 122 cm³/mol. The second kappa shape index (κ2) is 11.7. The van der Waals surface area contributed by atoms with E-state index in [1.54, 1.807) is 0 Å². The summed E-state index contributed by atoms with van der Waals surface area (Å²) in [6.07, 6.45) is 18.7. The van der Waals surface area contributed by atoms with E-state index in [4.69, 9.17) is 0 Å². The van der Waals surface area contributed by atoms with Crippen molar-refractivity contribution in [1.82, 2.24) is 4.90 Å². The average molecular weight is 451 g/mol. The molecule has 31 heavy (non-hydrogen) atoms. The Balaban J connectivity index is 0.000000401. The summed E-state index contributed by atoms with van der Waals surface area (Å²) in [6, 6.07) is 20.4. The number of likely N-dealkylation sites (tertiary alicyclic amines) is 1. The van der Waals surface area contributed by atoms with E-state index in [0.29, 0.717) is 6.04 Å². The van der Waals surface area contributed by atoms with E-state index in [9.17, 15) is 5.11 Å². The normalized spacial score (nSPS) is 22.7. The molecule has 1 atom stereocenters. The molecule has 1 aliphatic heterocycles. The monoisotopic (exact) mass is 451 g/mol. The van der Waals surface area contributed by atoms with Gasteiger partial charge in [-0.15, -0.1) is 0 Å². The van der Waals surface area contributed by atoms with Crippen molar-refractivity contribution in [3.63, 3.8) is 0 Å². The summed E-state index contributed by atoms with van der Waals surface area (Å²) in [6.45, 7) is 1.12. The molecule has 0 amide bonds. The third kappa shape index (κ3) is 5.45. The molecule has 0 unspecified atom stereocenters. The second-order valence-electron chi connectivity index (χ2n) is 7.94. The summed E-state index contributed by atoms with van der Waals surface area (Å²) >= 11 is 0. The number of hydrogen-bond acceptors (Lipinski definition) is 2. The summed E-state index contributed by atoms with van der Waals surface area (Å²) < 4.78 is 0. The topological polar surface area (TPSA) is 23.5 Å². The Morgan fingerprint density at radius 1 is 0.774 bits per heavy atom. The maximum atomic E-state index is 12.0. The van der Waals surface area contributed by atoms with Gasteiger partial charge in [-0.1, -0.05) is 60.7 Å². The zero-order valence-electron chi connectivity index (χ0n) is 17.8. The number of hydrogen-bond donors (Lipinski definition) is 1. The minimum atomic E-state index is -1.13. The van der Waals surface area contributed by atoms with Gasteiger partial charge in [0.1, 0.15) is 5.60 Å². The molecule has 1 saturated heterocycles. The molecule has 2 nitrogen and oxygen atoms in total. The van der Waals surface area contributed by atoms with E-state index < -0.39 is 5.60 Å². The van der Waals surface area contributed by atoms with E-state index in [2.05, 4.69) is 31.2 Å². The third-order valence-electron chi connectivity index (χ3n) is 6.06. The summed E-state index contributed by atoms with van der Waals surface area (Å²) in [5, 5.41) is 12.0. The van der Waals surface area contributed by atoms with Crippen LogP contribution in [0.3, 0.4) is 0 Å². The van der Waals surface area contributed by atoms with E-state index in [0.717, 1.165) is 30.0 Å². The van der Waals surface area contributed by atoms with Crippen LogP contribution in [0.1, 0.15) is 24.0 Å². The van der Waals surface area contributed by atoms with Gasteiger partial charge in [0.05, 0.1) is 0 Å². The first-order valence-corrected chi connectivity index (χ1v) is 10.7. The minimum Gasteiger partial charge on any atom is -0.380 e. The quantitative estimate of drug-likeness (QED) is 0.675. The van der Waals surface area contributed by atoms with E-state index in [1.807, 2.05) is 92.8 Å². The maximum Gasteiger partial charge on any atom is 2.00 e. The van der Waals surface area contributed by atoms with Crippen molar-refractivity contribution in [2.24, 2.45) is 0 Å². The molecular formula is C28H29FeNO+2. The Kier molecular flexibility index (Phi) is 9.22. The van der Waals surface area contributed by atoms with Gasteiger partial charge in [0.15, 0.2) is 0 Å². The SMILES string of the molecule is CN1CCC[C@@H]1[C]1[CH][CH][CH][C]1C(O)(c1ccccc1)c1ccccc1.[CH]1[CH][CH][CH][CH]1.[Fe+2]. The molecule has 3 heteroatoms. The van der Waals surface area contributed by atoms with Crippen molar-refractivity contribution < 1.29 is 22.2 Å². The minimum absolute atomic E-state index is 0. The molecular weight excluding hydrogens is 422 g/mol. The Bertz CT molecular complexity index is 714. The average Bonchev–Trinajstić information content (AvgIpc) is 3.57. The molecule has 0 spiro atoms. The number of nitrogens with zero attached hydrogens (tertiary/aromatic N) is 1. The maximum absolute atomic E-state index is 12.0. The van der Waals surface area contributed by atoms with Gasteiger partial charge in [-0.25, -0.2) is 0 Å². The van der Waals surface area contributed by atoms with Crippen LogP contribution in [0, 0.1) is 63.2 Å². The molecule has 1 heterocycles. The first-order chi connectivity index (χ1) is 14.7. The zero-order chi connectivity index (χ0) is 20.8. The predicted octanol–water partition coefficient (Wildman–Crippen LogP) is 4.81. The van der Waals surface area contributed by atoms with Crippen LogP contribution in [0.5, 0.6) is 0 Å². The van der Waals surface area contributed by atoms with Crippen LogP contribution in [0.4, 0.5) is 0 Å². The largest absolute Gasteiger partial charge is 2.00 e. The Morgan fingerprint density at radius 3 is 1.74 bits per heavy atom.